The Morgan fingerprint density at radius 2 is 2.11 bits per heavy atom. The number of nitrogens with two attached hydrogens (primary N) is 1. The van der Waals surface area contributed by atoms with Crippen LogP contribution in [0.3, 0.4) is 0 Å². The number of nitrogen functional groups attached to an aromatic ring is 1. The Morgan fingerprint density at radius 1 is 1.47 bits per heavy atom. The summed E-state index contributed by atoms with van der Waals surface area (Å²) in [5.74, 6) is 0.136. The largest absolute Gasteiger partial charge is 0.396 e. The molecule has 0 saturated heterocycles. The van der Waals surface area contributed by atoms with Crippen molar-refractivity contribution in [3.05, 3.63) is 4.88 Å². The lowest BCUT2D eigenvalue weighted by Crippen LogP contribution is -2.17. The molecule has 3 nitrogen and oxygen atoms in total. The number of thioether (sulfide) groups is 1. The van der Waals surface area contributed by atoms with Gasteiger partial charge in [0.25, 0.3) is 0 Å². The third-order valence-corrected chi connectivity index (χ3v) is 5.31. The molecule has 0 amide bonds. The first kappa shape index (κ1) is 16.4. The van der Waals surface area contributed by atoms with Crippen LogP contribution in [0.5, 0.6) is 0 Å². The number of nitrogens with zero attached hydrogens (tertiary/aromatic N) is 1. The van der Waals surface area contributed by atoms with Gasteiger partial charge >= 0.3 is 0 Å². The number of ketones is 1. The van der Waals surface area contributed by atoms with Crippen molar-refractivity contribution in [2.75, 3.05) is 30.5 Å². The molecule has 0 spiro atoms. The second-order valence-electron chi connectivity index (χ2n) is 4.98. The van der Waals surface area contributed by atoms with E-state index in [2.05, 4.69) is 18.9 Å². The summed E-state index contributed by atoms with van der Waals surface area (Å²) in [6.45, 7) is 7.01. The Kier molecular flexibility index (Phi) is 6.20. The summed E-state index contributed by atoms with van der Waals surface area (Å²) in [7, 11) is 2.07. The topological polar surface area (TPSA) is 46.3 Å². The third-order valence-electron chi connectivity index (χ3n) is 3.03. The summed E-state index contributed by atoms with van der Waals surface area (Å²) < 4.78 is 0. The van der Waals surface area contributed by atoms with Crippen LogP contribution < -0.4 is 10.6 Å². The van der Waals surface area contributed by atoms with E-state index in [1.54, 1.807) is 11.8 Å². The molecule has 0 unspecified atom stereocenters. The Hall–Kier alpha value is -0.680. The molecule has 0 aliphatic rings. The van der Waals surface area contributed by atoms with Crippen molar-refractivity contribution < 1.29 is 4.79 Å². The molecule has 0 aliphatic carbocycles. The van der Waals surface area contributed by atoms with Crippen LogP contribution in [0, 0.1) is 5.92 Å². The van der Waals surface area contributed by atoms with E-state index in [1.165, 1.54) is 11.3 Å². The average Bonchev–Trinajstić information content (AvgIpc) is 2.71. The second-order valence-corrected chi connectivity index (χ2v) is 6.79. The van der Waals surface area contributed by atoms with Crippen LogP contribution in [0.2, 0.25) is 0 Å². The maximum Gasteiger partial charge on any atom is 0.177 e. The number of unbranched alkanes of at least 4 members (excludes halogenated alkanes) is 1. The van der Waals surface area contributed by atoms with Crippen molar-refractivity contribution in [2.45, 2.75) is 38.5 Å². The fourth-order valence-corrected chi connectivity index (χ4v) is 4.09. The van der Waals surface area contributed by atoms with Gasteiger partial charge in [0.1, 0.15) is 5.00 Å². The predicted molar refractivity (Wildman–Crippen MR) is 87.9 cm³/mol. The van der Waals surface area contributed by atoms with E-state index in [0.29, 0.717) is 5.69 Å². The van der Waals surface area contributed by atoms with Crippen molar-refractivity contribution >= 4 is 39.6 Å². The van der Waals surface area contributed by atoms with E-state index in [1.807, 2.05) is 20.1 Å². The first-order valence-electron chi connectivity index (χ1n) is 6.65. The highest BCUT2D eigenvalue weighted by Gasteiger charge is 2.23. The molecule has 1 aromatic rings. The molecule has 1 rings (SSSR count). The molecule has 0 atom stereocenters. The normalized spacial score (nSPS) is 11.1. The monoisotopic (exact) mass is 300 g/mol. The van der Waals surface area contributed by atoms with Gasteiger partial charge in [0, 0.05) is 19.5 Å². The molecule has 19 heavy (non-hydrogen) atoms. The van der Waals surface area contributed by atoms with Crippen LogP contribution in [-0.2, 0) is 0 Å². The van der Waals surface area contributed by atoms with Gasteiger partial charge in [0.05, 0.1) is 15.5 Å². The van der Waals surface area contributed by atoms with E-state index in [-0.39, 0.29) is 11.7 Å². The number of Topliss-reactive ketones (excluding diaryl/α,β-unsaturated/α-hetero) is 1. The predicted octanol–water partition coefficient (Wildman–Crippen LogP) is 4.13. The van der Waals surface area contributed by atoms with Crippen molar-refractivity contribution in [2.24, 2.45) is 5.92 Å². The fourth-order valence-electron chi connectivity index (χ4n) is 1.81. The maximum absolute atomic E-state index is 12.2. The van der Waals surface area contributed by atoms with Crippen LogP contribution >= 0.6 is 23.1 Å². The molecule has 0 bridgehead atoms. The summed E-state index contributed by atoms with van der Waals surface area (Å²) in [6.07, 6.45) is 4.33. The van der Waals surface area contributed by atoms with Gasteiger partial charge in [0.15, 0.2) is 5.78 Å². The number of hydrogen-bond donors (Lipinski definition) is 1. The number of thiophene rings is 1. The number of anilines is 2. The highest BCUT2D eigenvalue weighted by atomic mass is 32.2. The van der Waals surface area contributed by atoms with E-state index in [9.17, 15) is 4.79 Å². The molecule has 0 aliphatic heterocycles. The van der Waals surface area contributed by atoms with E-state index < -0.39 is 0 Å². The van der Waals surface area contributed by atoms with Crippen LogP contribution in [0.25, 0.3) is 0 Å². The van der Waals surface area contributed by atoms with E-state index in [0.717, 1.165) is 34.2 Å². The van der Waals surface area contributed by atoms with Gasteiger partial charge in [-0.3, -0.25) is 4.79 Å². The van der Waals surface area contributed by atoms with E-state index >= 15 is 0 Å². The molecule has 1 heterocycles. The molecule has 2 N–H and O–H groups in total. The van der Waals surface area contributed by atoms with Gasteiger partial charge < -0.3 is 10.6 Å². The van der Waals surface area contributed by atoms with Crippen LogP contribution in [0.1, 0.15) is 43.3 Å². The summed E-state index contributed by atoms with van der Waals surface area (Å²) in [6, 6.07) is 0. The lowest BCUT2D eigenvalue weighted by molar-refractivity contribution is 0.0944. The Morgan fingerprint density at radius 3 is 2.58 bits per heavy atom. The third kappa shape index (κ3) is 3.66. The molecule has 1 aromatic heterocycles. The van der Waals surface area contributed by atoms with Gasteiger partial charge in [0.2, 0.25) is 0 Å². The van der Waals surface area contributed by atoms with Gasteiger partial charge in [-0.2, -0.15) is 0 Å². The minimum atomic E-state index is -0.00976. The maximum atomic E-state index is 12.2. The number of hydrogen-bond acceptors (Lipinski definition) is 5. The number of rotatable bonds is 7. The number of carbonyl (C=O) groups is 1. The molecule has 0 radical (unpaired) electrons. The van der Waals surface area contributed by atoms with E-state index in [4.69, 9.17) is 5.73 Å². The smallest absolute Gasteiger partial charge is 0.177 e. The van der Waals surface area contributed by atoms with Crippen molar-refractivity contribution in [1.29, 1.82) is 0 Å². The van der Waals surface area contributed by atoms with Crippen LogP contribution in [-0.4, -0.2) is 25.6 Å². The van der Waals surface area contributed by atoms with Gasteiger partial charge in [-0.15, -0.1) is 23.1 Å². The number of carbonyl (C=O) groups excluding carboxylic acids is 1. The Bertz CT molecular complexity index is 441. The standard InChI is InChI=1S/C14H24N2OS2/c1-6-7-8-16(4)14-13(18-5)10(15)12(19-14)11(17)9(2)3/h9H,6-8,15H2,1-5H3. The molecule has 0 fully saturated rings. The Balaban J connectivity index is 3.12. The first-order valence-corrected chi connectivity index (χ1v) is 8.69. The lowest BCUT2D eigenvalue weighted by atomic mass is 10.1. The quantitative estimate of drug-likeness (QED) is 0.607. The van der Waals surface area contributed by atoms with Crippen molar-refractivity contribution in [3.8, 4) is 0 Å². The Labute approximate surface area is 124 Å². The summed E-state index contributed by atoms with van der Waals surface area (Å²) in [5, 5.41) is 1.13. The van der Waals surface area contributed by atoms with Crippen molar-refractivity contribution in [3.63, 3.8) is 0 Å². The SMILES string of the molecule is CCCCN(C)c1sc(C(=O)C(C)C)c(N)c1SC. The summed E-state index contributed by atoms with van der Waals surface area (Å²) in [5.41, 5.74) is 6.82. The fraction of sp³-hybridized carbons (Fsp3) is 0.643. The average molecular weight is 300 g/mol. The second kappa shape index (κ2) is 7.20. The molecule has 108 valence electrons. The molecular weight excluding hydrogens is 276 g/mol. The highest BCUT2D eigenvalue weighted by molar-refractivity contribution is 7.99. The molecule has 0 aromatic carbocycles. The zero-order valence-corrected chi connectivity index (χ0v) is 14.1. The van der Waals surface area contributed by atoms with Crippen LogP contribution in [0.15, 0.2) is 4.90 Å². The van der Waals surface area contributed by atoms with Crippen molar-refractivity contribution in [1.82, 2.24) is 0 Å². The lowest BCUT2D eigenvalue weighted by Gasteiger charge is -2.18. The molecule has 0 saturated carbocycles. The van der Waals surface area contributed by atoms with Gasteiger partial charge in [-0.1, -0.05) is 27.2 Å². The first-order chi connectivity index (χ1) is 8.93. The summed E-state index contributed by atoms with van der Waals surface area (Å²) in [4.78, 5) is 16.2. The zero-order chi connectivity index (χ0) is 14.6. The van der Waals surface area contributed by atoms with Crippen LogP contribution in [0.4, 0.5) is 10.7 Å². The zero-order valence-electron chi connectivity index (χ0n) is 12.4. The van der Waals surface area contributed by atoms with Gasteiger partial charge in [-0.25, -0.2) is 0 Å². The van der Waals surface area contributed by atoms with Gasteiger partial charge in [-0.05, 0) is 12.7 Å². The molecule has 5 heteroatoms. The summed E-state index contributed by atoms with van der Waals surface area (Å²) >= 11 is 3.16. The molecular formula is C14H24N2OS2. The minimum absolute atomic E-state index is 0.00976. The minimum Gasteiger partial charge on any atom is -0.396 e. The highest BCUT2D eigenvalue weighted by Crippen LogP contribution is 2.44.